The van der Waals surface area contributed by atoms with Crippen molar-refractivity contribution in [3.05, 3.63) is 42.5 Å². The van der Waals surface area contributed by atoms with Crippen LogP contribution in [0.25, 0.3) is 0 Å². The lowest BCUT2D eigenvalue weighted by Crippen LogP contribution is -2.37. The van der Waals surface area contributed by atoms with Gasteiger partial charge in [-0.05, 0) is 31.2 Å². The predicted molar refractivity (Wildman–Crippen MR) is 106 cm³/mol. The Kier molecular flexibility index (Phi) is 5.93. The molecule has 28 heavy (non-hydrogen) atoms. The average Bonchev–Trinajstić information content (AvgIpc) is 2.65. The SMILES string of the molecule is CCOc1cccc(N(CC(=O)Nc2ccc3c(c2)OCCO3)S(C)(=O)=O)c1. The zero-order valence-electron chi connectivity index (χ0n) is 15.7. The van der Waals surface area contributed by atoms with Gasteiger partial charge in [-0.15, -0.1) is 0 Å². The molecule has 1 aliphatic rings. The van der Waals surface area contributed by atoms with Crippen LogP contribution in [0.3, 0.4) is 0 Å². The van der Waals surface area contributed by atoms with Crippen molar-refractivity contribution in [3.8, 4) is 17.2 Å². The molecule has 0 aromatic heterocycles. The third kappa shape index (κ3) is 4.86. The van der Waals surface area contributed by atoms with Crippen molar-refractivity contribution in [2.75, 3.05) is 42.2 Å². The Labute approximate surface area is 164 Å². The van der Waals surface area contributed by atoms with Gasteiger partial charge in [0.1, 0.15) is 25.5 Å². The second-order valence-corrected chi connectivity index (χ2v) is 8.01. The van der Waals surface area contributed by atoms with Crippen LogP contribution in [0.4, 0.5) is 11.4 Å². The summed E-state index contributed by atoms with van der Waals surface area (Å²) in [6, 6.07) is 11.6. The monoisotopic (exact) mass is 406 g/mol. The summed E-state index contributed by atoms with van der Waals surface area (Å²) >= 11 is 0. The van der Waals surface area contributed by atoms with Crippen LogP contribution in [0, 0.1) is 0 Å². The lowest BCUT2D eigenvalue weighted by atomic mass is 10.2. The molecule has 0 saturated heterocycles. The number of fused-ring (bicyclic) bond motifs is 1. The van der Waals surface area contributed by atoms with Gasteiger partial charge in [-0.2, -0.15) is 0 Å². The Hall–Kier alpha value is -2.94. The van der Waals surface area contributed by atoms with Crippen molar-refractivity contribution < 1.29 is 27.4 Å². The quantitative estimate of drug-likeness (QED) is 0.758. The van der Waals surface area contributed by atoms with Gasteiger partial charge in [0.2, 0.25) is 15.9 Å². The van der Waals surface area contributed by atoms with E-state index in [1.807, 2.05) is 6.92 Å². The van der Waals surface area contributed by atoms with Crippen LogP contribution in [-0.2, 0) is 14.8 Å². The van der Waals surface area contributed by atoms with Crippen LogP contribution in [0.15, 0.2) is 42.5 Å². The summed E-state index contributed by atoms with van der Waals surface area (Å²) < 4.78 is 41.9. The van der Waals surface area contributed by atoms with E-state index in [4.69, 9.17) is 14.2 Å². The normalized spacial score (nSPS) is 12.9. The Morgan fingerprint density at radius 1 is 1.14 bits per heavy atom. The second-order valence-electron chi connectivity index (χ2n) is 6.11. The van der Waals surface area contributed by atoms with Crippen LogP contribution >= 0.6 is 0 Å². The number of ether oxygens (including phenoxy) is 3. The Morgan fingerprint density at radius 3 is 2.61 bits per heavy atom. The van der Waals surface area contributed by atoms with Gasteiger partial charge in [-0.1, -0.05) is 6.07 Å². The smallest absolute Gasteiger partial charge is 0.245 e. The van der Waals surface area contributed by atoms with Crippen LogP contribution in [-0.4, -0.2) is 46.9 Å². The molecule has 1 aliphatic heterocycles. The summed E-state index contributed by atoms with van der Waals surface area (Å²) in [7, 11) is -3.68. The number of hydrogen-bond acceptors (Lipinski definition) is 6. The number of carbonyl (C=O) groups is 1. The zero-order chi connectivity index (χ0) is 20.1. The number of amides is 1. The molecule has 1 amide bonds. The molecule has 0 radical (unpaired) electrons. The highest BCUT2D eigenvalue weighted by molar-refractivity contribution is 7.92. The third-order valence-electron chi connectivity index (χ3n) is 3.93. The van der Waals surface area contributed by atoms with Gasteiger partial charge in [0.25, 0.3) is 0 Å². The summed E-state index contributed by atoms with van der Waals surface area (Å²) in [6.07, 6.45) is 1.05. The summed E-state index contributed by atoms with van der Waals surface area (Å²) in [5.41, 5.74) is 0.844. The van der Waals surface area contributed by atoms with Gasteiger partial charge >= 0.3 is 0 Å². The maximum absolute atomic E-state index is 12.5. The van der Waals surface area contributed by atoms with E-state index in [0.717, 1.165) is 10.6 Å². The maximum Gasteiger partial charge on any atom is 0.245 e. The summed E-state index contributed by atoms with van der Waals surface area (Å²) in [5, 5.41) is 2.69. The number of rotatable bonds is 7. The van der Waals surface area contributed by atoms with Crippen LogP contribution in [0.2, 0.25) is 0 Å². The van der Waals surface area contributed by atoms with E-state index in [-0.39, 0.29) is 6.54 Å². The molecule has 9 heteroatoms. The highest BCUT2D eigenvalue weighted by atomic mass is 32.2. The molecule has 0 spiro atoms. The van der Waals surface area contributed by atoms with Gasteiger partial charge in [0, 0.05) is 17.8 Å². The number of benzene rings is 2. The molecule has 2 aromatic rings. The molecule has 0 fully saturated rings. The van der Waals surface area contributed by atoms with E-state index in [0.29, 0.717) is 48.4 Å². The molecular formula is C19H22N2O6S. The molecule has 150 valence electrons. The van der Waals surface area contributed by atoms with Crippen molar-refractivity contribution >= 4 is 27.3 Å². The number of sulfonamides is 1. The minimum Gasteiger partial charge on any atom is -0.494 e. The minimum absolute atomic E-state index is 0.353. The van der Waals surface area contributed by atoms with Crippen molar-refractivity contribution in [2.45, 2.75) is 6.92 Å². The Morgan fingerprint density at radius 2 is 1.89 bits per heavy atom. The summed E-state index contributed by atoms with van der Waals surface area (Å²) in [5.74, 6) is 1.19. The van der Waals surface area contributed by atoms with Crippen LogP contribution in [0.5, 0.6) is 17.2 Å². The first-order chi connectivity index (χ1) is 13.4. The van der Waals surface area contributed by atoms with Gasteiger partial charge in [-0.3, -0.25) is 9.10 Å². The van der Waals surface area contributed by atoms with Crippen molar-refractivity contribution in [1.82, 2.24) is 0 Å². The van der Waals surface area contributed by atoms with E-state index < -0.39 is 15.9 Å². The maximum atomic E-state index is 12.5. The van der Waals surface area contributed by atoms with E-state index in [2.05, 4.69) is 5.32 Å². The third-order valence-corrected chi connectivity index (χ3v) is 5.07. The van der Waals surface area contributed by atoms with Crippen molar-refractivity contribution in [2.24, 2.45) is 0 Å². The molecule has 1 heterocycles. The van der Waals surface area contributed by atoms with Crippen molar-refractivity contribution in [3.63, 3.8) is 0 Å². The van der Waals surface area contributed by atoms with E-state index in [1.165, 1.54) is 0 Å². The topological polar surface area (TPSA) is 94.2 Å². The highest BCUT2D eigenvalue weighted by Gasteiger charge is 2.22. The molecule has 1 N–H and O–H groups in total. The van der Waals surface area contributed by atoms with E-state index in [9.17, 15) is 13.2 Å². The lowest BCUT2D eigenvalue weighted by Gasteiger charge is -2.23. The number of nitrogens with one attached hydrogen (secondary N) is 1. The fourth-order valence-electron chi connectivity index (χ4n) is 2.75. The second kappa shape index (κ2) is 8.39. The molecule has 0 atom stereocenters. The number of anilines is 2. The minimum atomic E-state index is -3.68. The molecule has 3 rings (SSSR count). The first-order valence-corrected chi connectivity index (χ1v) is 10.6. The molecule has 0 bridgehead atoms. The van der Waals surface area contributed by atoms with Crippen LogP contribution in [0.1, 0.15) is 6.92 Å². The van der Waals surface area contributed by atoms with E-state index >= 15 is 0 Å². The summed E-state index contributed by atoms with van der Waals surface area (Å²) in [6.45, 7) is 2.82. The fraction of sp³-hybridized carbons (Fsp3) is 0.316. The summed E-state index contributed by atoms with van der Waals surface area (Å²) in [4.78, 5) is 12.5. The first kappa shape index (κ1) is 19.8. The van der Waals surface area contributed by atoms with E-state index in [1.54, 1.807) is 42.5 Å². The molecule has 0 unspecified atom stereocenters. The fourth-order valence-corrected chi connectivity index (χ4v) is 3.60. The largest absolute Gasteiger partial charge is 0.494 e. The van der Waals surface area contributed by atoms with Gasteiger partial charge < -0.3 is 19.5 Å². The predicted octanol–water partition coefficient (Wildman–Crippen LogP) is 2.26. The molecule has 0 saturated carbocycles. The average molecular weight is 406 g/mol. The zero-order valence-corrected chi connectivity index (χ0v) is 16.5. The van der Waals surface area contributed by atoms with Gasteiger partial charge in [0.15, 0.2) is 11.5 Å². The standard InChI is InChI=1S/C19H22N2O6S/c1-3-25-16-6-4-5-15(12-16)21(28(2,23)24)13-19(22)20-14-7-8-17-18(11-14)27-10-9-26-17/h4-8,11-12H,3,9-10,13H2,1-2H3,(H,20,22). The Balaban J connectivity index is 1.76. The molecule has 8 nitrogen and oxygen atoms in total. The molecular weight excluding hydrogens is 384 g/mol. The molecule has 0 aliphatic carbocycles. The van der Waals surface area contributed by atoms with Gasteiger partial charge in [-0.25, -0.2) is 8.42 Å². The first-order valence-electron chi connectivity index (χ1n) is 8.77. The molecule has 2 aromatic carbocycles. The Bertz CT molecular complexity index is 961. The number of carbonyl (C=O) groups excluding carboxylic acids is 1. The van der Waals surface area contributed by atoms with Crippen molar-refractivity contribution in [1.29, 1.82) is 0 Å². The van der Waals surface area contributed by atoms with Crippen LogP contribution < -0.4 is 23.8 Å². The number of nitrogens with zero attached hydrogens (tertiary/aromatic N) is 1. The van der Waals surface area contributed by atoms with Gasteiger partial charge in [0.05, 0.1) is 18.6 Å². The number of hydrogen-bond donors (Lipinski definition) is 1. The highest BCUT2D eigenvalue weighted by Crippen LogP contribution is 2.32. The lowest BCUT2D eigenvalue weighted by molar-refractivity contribution is -0.114.